The third-order valence-corrected chi connectivity index (χ3v) is 4.14. The number of amides is 1. The molecule has 3 rings (SSSR count). The third kappa shape index (κ3) is 3.87. The monoisotopic (exact) mass is 310 g/mol. The second-order valence-corrected chi connectivity index (χ2v) is 5.87. The van der Waals surface area contributed by atoms with Crippen molar-refractivity contribution in [2.75, 3.05) is 18.0 Å². The van der Waals surface area contributed by atoms with E-state index in [-0.39, 0.29) is 5.91 Å². The molecule has 1 aliphatic rings. The number of piperidine rings is 1. The molecule has 0 atom stereocenters. The maximum atomic E-state index is 12.5. The summed E-state index contributed by atoms with van der Waals surface area (Å²) in [5, 5.41) is 1.22. The first-order valence-corrected chi connectivity index (χ1v) is 8.05. The van der Waals surface area contributed by atoms with Crippen LogP contribution < -0.4 is 10.7 Å². The molecule has 0 bridgehead atoms. The summed E-state index contributed by atoms with van der Waals surface area (Å²) in [7, 11) is 0. The lowest BCUT2D eigenvalue weighted by molar-refractivity contribution is 0.0737. The van der Waals surface area contributed by atoms with Crippen LogP contribution in [0.25, 0.3) is 0 Å². The van der Waals surface area contributed by atoms with Gasteiger partial charge in [-0.2, -0.15) is 0 Å². The minimum Gasteiger partial charge on any atom is -0.371 e. The quantitative estimate of drug-likeness (QED) is 0.535. The lowest BCUT2D eigenvalue weighted by atomic mass is 10.1. The number of benzene rings is 1. The van der Waals surface area contributed by atoms with Crippen LogP contribution in [0.3, 0.4) is 0 Å². The van der Waals surface area contributed by atoms with Gasteiger partial charge in [0.05, 0.1) is 6.54 Å². The zero-order valence-corrected chi connectivity index (χ0v) is 13.2. The number of rotatable bonds is 4. The fourth-order valence-electron chi connectivity index (χ4n) is 2.88. The van der Waals surface area contributed by atoms with Gasteiger partial charge >= 0.3 is 0 Å². The van der Waals surface area contributed by atoms with Crippen LogP contribution in [0.1, 0.15) is 35.3 Å². The second kappa shape index (κ2) is 7.24. The molecule has 2 heterocycles. The summed E-state index contributed by atoms with van der Waals surface area (Å²) in [6.45, 7) is 2.44. The average Bonchev–Trinajstić information content (AvgIpc) is 2.63. The molecule has 1 saturated heterocycles. The first-order chi connectivity index (χ1) is 11.2. The number of carbonyl (C=O) groups is 1. The zero-order chi connectivity index (χ0) is 16.1. The molecular formula is C18H22N4O. The second-order valence-electron chi connectivity index (χ2n) is 5.87. The molecule has 5 nitrogen and oxygen atoms in total. The highest BCUT2D eigenvalue weighted by molar-refractivity contribution is 5.92. The molecule has 23 heavy (non-hydrogen) atoms. The van der Waals surface area contributed by atoms with Crippen LogP contribution in [0.2, 0.25) is 0 Å². The molecule has 1 amide bonds. The van der Waals surface area contributed by atoms with Crippen molar-refractivity contribution in [3.63, 3.8) is 0 Å². The average molecular weight is 310 g/mol. The maximum absolute atomic E-state index is 12.5. The van der Waals surface area contributed by atoms with Crippen molar-refractivity contribution in [3.8, 4) is 0 Å². The van der Waals surface area contributed by atoms with E-state index in [1.165, 1.54) is 24.3 Å². The van der Waals surface area contributed by atoms with Gasteiger partial charge in [-0.1, -0.05) is 30.3 Å². The van der Waals surface area contributed by atoms with E-state index < -0.39 is 0 Å². The van der Waals surface area contributed by atoms with Crippen LogP contribution in [0.4, 0.5) is 5.69 Å². The molecule has 0 spiro atoms. The minimum atomic E-state index is -0.257. The van der Waals surface area contributed by atoms with Gasteiger partial charge in [-0.05, 0) is 37.0 Å². The number of carbonyl (C=O) groups excluding carboxylic acids is 1. The lowest BCUT2D eigenvalue weighted by Gasteiger charge is -2.29. The van der Waals surface area contributed by atoms with E-state index in [2.05, 4.69) is 9.88 Å². The Bertz CT molecular complexity index is 653. The van der Waals surface area contributed by atoms with Gasteiger partial charge in [-0.3, -0.25) is 14.8 Å². The topological polar surface area (TPSA) is 62.5 Å². The Morgan fingerprint density at radius 1 is 1.13 bits per heavy atom. The molecule has 2 N–H and O–H groups in total. The minimum absolute atomic E-state index is 0.257. The van der Waals surface area contributed by atoms with Crippen LogP contribution in [0.5, 0.6) is 0 Å². The lowest BCUT2D eigenvalue weighted by Crippen LogP contribution is -2.37. The highest BCUT2D eigenvalue weighted by atomic mass is 16.2. The molecule has 1 fully saturated rings. The molecule has 0 aliphatic carbocycles. The van der Waals surface area contributed by atoms with Crippen molar-refractivity contribution in [1.82, 2.24) is 9.99 Å². The van der Waals surface area contributed by atoms with E-state index in [4.69, 9.17) is 5.84 Å². The van der Waals surface area contributed by atoms with E-state index in [0.717, 1.165) is 24.3 Å². The van der Waals surface area contributed by atoms with Crippen molar-refractivity contribution in [2.24, 2.45) is 5.84 Å². The summed E-state index contributed by atoms with van der Waals surface area (Å²) >= 11 is 0. The normalized spacial score (nSPS) is 14.6. The Hall–Kier alpha value is -2.40. The van der Waals surface area contributed by atoms with Crippen molar-refractivity contribution < 1.29 is 4.79 Å². The summed E-state index contributed by atoms with van der Waals surface area (Å²) in [5.41, 5.74) is 2.44. The highest BCUT2D eigenvalue weighted by Crippen LogP contribution is 2.20. The predicted octanol–water partition coefficient (Wildman–Crippen LogP) is 2.59. The number of hydrogen-bond acceptors (Lipinski definition) is 4. The Morgan fingerprint density at radius 2 is 1.87 bits per heavy atom. The standard InChI is InChI=1S/C18H22N4O/c19-22(14-15-7-3-1-4-8-15)18(23)17-13-16(9-10-20-17)21-11-5-2-6-12-21/h1,3-4,7-10,13H,2,5-6,11-12,14,19H2. The van der Waals surface area contributed by atoms with Gasteiger partial charge in [-0.25, -0.2) is 5.84 Å². The number of pyridine rings is 1. The van der Waals surface area contributed by atoms with Crippen LogP contribution >= 0.6 is 0 Å². The predicted molar refractivity (Wildman–Crippen MR) is 90.8 cm³/mol. The van der Waals surface area contributed by atoms with Crippen molar-refractivity contribution in [1.29, 1.82) is 0 Å². The summed E-state index contributed by atoms with van der Waals surface area (Å²) in [6.07, 6.45) is 5.36. The Kier molecular flexibility index (Phi) is 4.88. The summed E-state index contributed by atoms with van der Waals surface area (Å²) in [4.78, 5) is 19.0. The van der Waals surface area contributed by atoms with Crippen molar-refractivity contribution >= 4 is 11.6 Å². The number of anilines is 1. The summed E-state index contributed by atoms with van der Waals surface area (Å²) in [5.74, 6) is 5.68. The first kappa shape index (κ1) is 15.5. The van der Waals surface area contributed by atoms with Crippen LogP contribution in [-0.4, -0.2) is 29.0 Å². The van der Waals surface area contributed by atoms with Gasteiger partial charge in [0.1, 0.15) is 5.69 Å². The van der Waals surface area contributed by atoms with Gasteiger partial charge < -0.3 is 4.90 Å². The number of nitrogens with two attached hydrogens (primary N) is 1. The smallest absolute Gasteiger partial charge is 0.286 e. The van der Waals surface area contributed by atoms with E-state index in [1.54, 1.807) is 6.20 Å². The van der Waals surface area contributed by atoms with E-state index in [1.807, 2.05) is 42.5 Å². The van der Waals surface area contributed by atoms with Gasteiger partial charge in [0.25, 0.3) is 5.91 Å². The SMILES string of the molecule is NN(Cc1ccccc1)C(=O)c1cc(N2CCCCC2)ccn1. The molecule has 0 saturated carbocycles. The highest BCUT2D eigenvalue weighted by Gasteiger charge is 2.17. The molecule has 0 unspecified atom stereocenters. The fourth-order valence-corrected chi connectivity index (χ4v) is 2.88. The Labute approximate surface area is 136 Å². The molecule has 1 aromatic carbocycles. The molecule has 1 aromatic heterocycles. The van der Waals surface area contributed by atoms with E-state index >= 15 is 0 Å². The van der Waals surface area contributed by atoms with Crippen LogP contribution in [-0.2, 0) is 6.54 Å². The molecule has 1 aliphatic heterocycles. The Morgan fingerprint density at radius 3 is 2.61 bits per heavy atom. The molecule has 0 radical (unpaired) electrons. The third-order valence-electron chi connectivity index (χ3n) is 4.14. The largest absolute Gasteiger partial charge is 0.371 e. The molecule has 2 aromatic rings. The van der Waals surface area contributed by atoms with Crippen LogP contribution in [0, 0.1) is 0 Å². The van der Waals surface area contributed by atoms with E-state index in [0.29, 0.717) is 12.2 Å². The molecule has 5 heteroatoms. The van der Waals surface area contributed by atoms with Gasteiger partial charge in [0, 0.05) is 25.0 Å². The summed E-state index contributed by atoms with van der Waals surface area (Å²) < 4.78 is 0. The fraction of sp³-hybridized carbons (Fsp3) is 0.333. The number of aromatic nitrogens is 1. The number of hydrazine groups is 1. The molecule has 120 valence electrons. The van der Waals surface area contributed by atoms with Crippen molar-refractivity contribution in [2.45, 2.75) is 25.8 Å². The maximum Gasteiger partial charge on any atom is 0.286 e. The zero-order valence-electron chi connectivity index (χ0n) is 13.2. The van der Waals surface area contributed by atoms with Gasteiger partial charge in [0.2, 0.25) is 0 Å². The first-order valence-electron chi connectivity index (χ1n) is 8.05. The van der Waals surface area contributed by atoms with E-state index in [9.17, 15) is 4.79 Å². The number of hydrogen-bond donors (Lipinski definition) is 1. The summed E-state index contributed by atoms with van der Waals surface area (Å²) in [6, 6.07) is 13.5. The van der Waals surface area contributed by atoms with Crippen molar-refractivity contribution in [3.05, 3.63) is 59.9 Å². The Balaban J connectivity index is 1.71. The van der Waals surface area contributed by atoms with Gasteiger partial charge in [-0.15, -0.1) is 0 Å². The number of nitrogens with zero attached hydrogens (tertiary/aromatic N) is 3. The van der Waals surface area contributed by atoms with Crippen LogP contribution in [0.15, 0.2) is 48.7 Å². The van der Waals surface area contributed by atoms with Gasteiger partial charge in [0.15, 0.2) is 0 Å². The molecular weight excluding hydrogens is 288 g/mol.